The molecule has 1 unspecified atom stereocenters. The van der Waals surface area contributed by atoms with Gasteiger partial charge in [-0.1, -0.05) is 20.3 Å². The number of aryl methyl sites for hydroxylation is 1. The second-order valence-electron chi connectivity index (χ2n) is 4.43. The Hall–Kier alpha value is -1.18. The molecule has 0 bridgehead atoms. The van der Waals surface area contributed by atoms with Crippen molar-refractivity contribution < 1.29 is 0 Å². The van der Waals surface area contributed by atoms with Gasteiger partial charge in [0.1, 0.15) is 0 Å². The Morgan fingerprint density at radius 1 is 1.40 bits per heavy atom. The second-order valence-corrected chi connectivity index (χ2v) is 4.43. The van der Waals surface area contributed by atoms with E-state index in [0.717, 1.165) is 23.7 Å². The van der Waals surface area contributed by atoms with E-state index < -0.39 is 0 Å². The molecule has 0 aliphatic carbocycles. The molecule has 84 valence electrons. The lowest BCUT2D eigenvalue weighted by Crippen LogP contribution is -2.23. The number of hydrogen-bond acceptors (Lipinski definition) is 2. The molecule has 1 aromatic carbocycles. The molecular weight excluding hydrogens is 184 g/mol. The second kappa shape index (κ2) is 5.06. The summed E-state index contributed by atoms with van der Waals surface area (Å²) >= 11 is 0. The van der Waals surface area contributed by atoms with E-state index in [-0.39, 0.29) is 0 Å². The quantitative estimate of drug-likeness (QED) is 0.767. The molecule has 2 N–H and O–H groups in total. The van der Waals surface area contributed by atoms with Gasteiger partial charge in [0.2, 0.25) is 0 Å². The van der Waals surface area contributed by atoms with Crippen LogP contribution in [0.5, 0.6) is 0 Å². The van der Waals surface area contributed by atoms with Crippen LogP contribution in [0, 0.1) is 12.8 Å². The monoisotopic (exact) mass is 206 g/mol. The zero-order chi connectivity index (χ0) is 11.4. The fourth-order valence-corrected chi connectivity index (χ4v) is 1.60. The first kappa shape index (κ1) is 11.9. The lowest BCUT2D eigenvalue weighted by molar-refractivity contribution is 0.560. The first-order valence-electron chi connectivity index (χ1n) is 5.61. The Morgan fingerprint density at radius 2 is 2.07 bits per heavy atom. The van der Waals surface area contributed by atoms with Crippen LogP contribution in [0.3, 0.4) is 0 Å². The average molecular weight is 206 g/mol. The van der Waals surface area contributed by atoms with Gasteiger partial charge in [-0.25, -0.2) is 0 Å². The summed E-state index contributed by atoms with van der Waals surface area (Å²) in [6, 6.07) is 6.22. The molecule has 2 nitrogen and oxygen atoms in total. The number of hydrogen-bond donors (Lipinski definition) is 1. The number of anilines is 2. The van der Waals surface area contributed by atoms with Gasteiger partial charge in [0.15, 0.2) is 0 Å². The minimum absolute atomic E-state index is 0.729. The van der Waals surface area contributed by atoms with Crippen LogP contribution < -0.4 is 10.6 Å². The average Bonchev–Trinajstić information content (AvgIpc) is 2.21. The fourth-order valence-electron chi connectivity index (χ4n) is 1.60. The molecular formula is C13H22N2. The van der Waals surface area contributed by atoms with Gasteiger partial charge < -0.3 is 10.6 Å². The van der Waals surface area contributed by atoms with E-state index in [0.29, 0.717) is 0 Å². The fraction of sp³-hybridized carbons (Fsp3) is 0.538. The van der Waals surface area contributed by atoms with Crippen LogP contribution in [0.4, 0.5) is 11.4 Å². The number of nitrogens with zero attached hydrogens (tertiary/aromatic N) is 1. The summed E-state index contributed by atoms with van der Waals surface area (Å²) < 4.78 is 0. The third kappa shape index (κ3) is 3.15. The summed E-state index contributed by atoms with van der Waals surface area (Å²) in [7, 11) is 2.14. The van der Waals surface area contributed by atoms with Crippen molar-refractivity contribution in [2.24, 2.45) is 5.92 Å². The molecule has 1 rings (SSSR count). The zero-order valence-corrected chi connectivity index (χ0v) is 10.2. The third-order valence-electron chi connectivity index (χ3n) is 2.98. The molecule has 0 spiro atoms. The Balaban J connectivity index is 2.73. The highest BCUT2D eigenvalue weighted by molar-refractivity contribution is 5.57. The van der Waals surface area contributed by atoms with Gasteiger partial charge in [-0.15, -0.1) is 0 Å². The number of benzene rings is 1. The predicted octanol–water partition coefficient (Wildman–Crippen LogP) is 3.06. The normalized spacial score (nSPS) is 12.5. The number of nitrogens with two attached hydrogens (primary N) is 1. The van der Waals surface area contributed by atoms with E-state index in [2.05, 4.69) is 44.9 Å². The van der Waals surface area contributed by atoms with E-state index >= 15 is 0 Å². The number of nitrogen functional groups attached to an aromatic ring is 1. The van der Waals surface area contributed by atoms with Crippen LogP contribution in [-0.4, -0.2) is 13.6 Å². The van der Waals surface area contributed by atoms with Gasteiger partial charge in [0.05, 0.1) is 0 Å². The molecule has 0 fully saturated rings. The third-order valence-corrected chi connectivity index (χ3v) is 2.98. The Kier molecular flexibility index (Phi) is 4.01. The van der Waals surface area contributed by atoms with Crippen LogP contribution in [0.2, 0.25) is 0 Å². The molecule has 0 heterocycles. The maximum atomic E-state index is 5.80. The molecule has 0 aromatic heterocycles. The van der Waals surface area contributed by atoms with Crippen molar-refractivity contribution in [2.75, 3.05) is 24.2 Å². The van der Waals surface area contributed by atoms with Crippen molar-refractivity contribution in [2.45, 2.75) is 27.2 Å². The van der Waals surface area contributed by atoms with Gasteiger partial charge in [0, 0.05) is 25.0 Å². The highest BCUT2D eigenvalue weighted by Crippen LogP contribution is 2.20. The first-order valence-corrected chi connectivity index (χ1v) is 5.61. The minimum atomic E-state index is 0.729. The molecule has 0 radical (unpaired) electrons. The van der Waals surface area contributed by atoms with Crippen molar-refractivity contribution in [3.8, 4) is 0 Å². The van der Waals surface area contributed by atoms with Crippen molar-refractivity contribution in [1.29, 1.82) is 0 Å². The first-order chi connectivity index (χ1) is 7.04. The van der Waals surface area contributed by atoms with Crippen LogP contribution in [0.25, 0.3) is 0 Å². The lowest BCUT2D eigenvalue weighted by atomic mass is 10.1. The molecule has 0 aliphatic rings. The van der Waals surface area contributed by atoms with E-state index in [1.54, 1.807) is 0 Å². The van der Waals surface area contributed by atoms with Crippen LogP contribution in [-0.2, 0) is 0 Å². The van der Waals surface area contributed by atoms with Crippen LogP contribution in [0.15, 0.2) is 18.2 Å². The summed E-state index contributed by atoms with van der Waals surface area (Å²) in [5, 5.41) is 0. The maximum absolute atomic E-state index is 5.80. The Labute approximate surface area is 93.1 Å². The van der Waals surface area contributed by atoms with E-state index in [1.165, 1.54) is 12.1 Å². The summed E-state index contributed by atoms with van der Waals surface area (Å²) in [6.45, 7) is 7.66. The summed E-state index contributed by atoms with van der Waals surface area (Å²) in [6.07, 6.45) is 1.22. The van der Waals surface area contributed by atoms with Crippen molar-refractivity contribution >= 4 is 11.4 Å². The molecule has 0 amide bonds. The van der Waals surface area contributed by atoms with E-state index in [4.69, 9.17) is 5.73 Å². The SMILES string of the molecule is CCC(C)CN(C)c1ccc(N)c(C)c1. The predicted molar refractivity (Wildman–Crippen MR) is 68.3 cm³/mol. The van der Waals surface area contributed by atoms with Crippen molar-refractivity contribution in [3.63, 3.8) is 0 Å². The smallest absolute Gasteiger partial charge is 0.0367 e. The Bertz CT molecular complexity index is 320. The van der Waals surface area contributed by atoms with Gasteiger partial charge in [-0.3, -0.25) is 0 Å². The van der Waals surface area contributed by atoms with Gasteiger partial charge in [-0.05, 0) is 36.6 Å². The molecule has 15 heavy (non-hydrogen) atoms. The van der Waals surface area contributed by atoms with Gasteiger partial charge in [-0.2, -0.15) is 0 Å². The van der Waals surface area contributed by atoms with E-state index in [9.17, 15) is 0 Å². The summed E-state index contributed by atoms with van der Waals surface area (Å²) in [4.78, 5) is 2.29. The molecule has 1 atom stereocenters. The maximum Gasteiger partial charge on any atom is 0.0367 e. The van der Waals surface area contributed by atoms with E-state index in [1.807, 2.05) is 6.07 Å². The summed E-state index contributed by atoms with van der Waals surface area (Å²) in [5.41, 5.74) is 9.08. The highest BCUT2D eigenvalue weighted by atomic mass is 15.1. The van der Waals surface area contributed by atoms with Crippen molar-refractivity contribution in [3.05, 3.63) is 23.8 Å². The molecule has 0 saturated carbocycles. The Morgan fingerprint density at radius 3 is 2.60 bits per heavy atom. The molecule has 0 saturated heterocycles. The minimum Gasteiger partial charge on any atom is -0.399 e. The van der Waals surface area contributed by atoms with Gasteiger partial charge in [0.25, 0.3) is 0 Å². The zero-order valence-electron chi connectivity index (χ0n) is 10.2. The molecule has 1 aromatic rings. The largest absolute Gasteiger partial charge is 0.399 e. The topological polar surface area (TPSA) is 29.3 Å². The van der Waals surface area contributed by atoms with Crippen LogP contribution in [0.1, 0.15) is 25.8 Å². The number of rotatable bonds is 4. The molecule has 2 heteroatoms. The van der Waals surface area contributed by atoms with Gasteiger partial charge >= 0.3 is 0 Å². The standard InChI is InChI=1S/C13H22N2/c1-5-10(2)9-15(4)12-6-7-13(14)11(3)8-12/h6-8,10H,5,9,14H2,1-4H3. The molecule has 0 aliphatic heterocycles. The lowest BCUT2D eigenvalue weighted by Gasteiger charge is -2.23. The van der Waals surface area contributed by atoms with Crippen LogP contribution >= 0.6 is 0 Å². The van der Waals surface area contributed by atoms with Crippen molar-refractivity contribution in [1.82, 2.24) is 0 Å². The summed E-state index contributed by atoms with van der Waals surface area (Å²) in [5.74, 6) is 0.729. The highest BCUT2D eigenvalue weighted by Gasteiger charge is 2.06.